The quantitative estimate of drug-likeness (QED) is 0.419. The molecule has 13 nitrogen and oxygen atoms in total. The van der Waals surface area contributed by atoms with Crippen LogP contribution in [0.5, 0.6) is 0 Å². The van der Waals surface area contributed by atoms with Crippen LogP contribution in [0, 0.1) is 0 Å². The number of carbonyl (C=O) groups is 5. The van der Waals surface area contributed by atoms with Gasteiger partial charge in [-0.25, -0.2) is 4.98 Å². The number of aromatic nitrogens is 2. The van der Waals surface area contributed by atoms with Gasteiger partial charge in [-0.2, -0.15) is 0 Å². The first-order valence-electron chi connectivity index (χ1n) is 9.03. The lowest BCUT2D eigenvalue weighted by atomic mass is 10.1. The van der Waals surface area contributed by atoms with Crippen molar-refractivity contribution in [1.82, 2.24) is 14.9 Å². The maximum Gasteiger partial charge on any atom is 0.303 e. The number of rotatable bonds is 6. The van der Waals surface area contributed by atoms with Gasteiger partial charge in [0.1, 0.15) is 12.7 Å². The summed E-state index contributed by atoms with van der Waals surface area (Å²) < 4.78 is 22.0. The van der Waals surface area contributed by atoms with Crippen molar-refractivity contribution in [3.8, 4) is 0 Å². The highest BCUT2D eigenvalue weighted by Gasteiger charge is 2.51. The minimum Gasteiger partial charge on any atom is -0.463 e. The summed E-state index contributed by atoms with van der Waals surface area (Å²) in [6.45, 7) is 4.09. The molecule has 13 heteroatoms. The summed E-state index contributed by atoms with van der Waals surface area (Å²) in [5.41, 5.74) is -1.58. The van der Waals surface area contributed by atoms with Crippen molar-refractivity contribution in [2.45, 2.75) is 52.2 Å². The van der Waals surface area contributed by atoms with Gasteiger partial charge >= 0.3 is 17.9 Å². The summed E-state index contributed by atoms with van der Waals surface area (Å²) in [7, 11) is 0. The van der Waals surface area contributed by atoms with Crippen LogP contribution in [0.2, 0.25) is 0 Å². The van der Waals surface area contributed by atoms with E-state index in [1.807, 2.05) is 5.32 Å². The Morgan fingerprint density at radius 2 is 1.65 bits per heavy atom. The predicted octanol–water partition coefficient (Wildman–Crippen LogP) is -1.16. The Kier molecular flexibility index (Phi) is 7.58. The standard InChI is InChI=1S/C18H21N3O10/c1-8(22)20-16(26)13-17(27)21(6-5-19-13)18-15(30-11(4)25)14(29-10(3)24)12(31-18)7-28-9(2)23/h5-6,12,14-15,18H,7H2,1-4H3,(H,20,22,26)/t12-,14-,15?,18-/m1/s1. The maximum atomic E-state index is 12.8. The van der Waals surface area contributed by atoms with E-state index in [4.69, 9.17) is 18.9 Å². The smallest absolute Gasteiger partial charge is 0.303 e. The van der Waals surface area contributed by atoms with Crippen molar-refractivity contribution < 1.29 is 42.9 Å². The fourth-order valence-corrected chi connectivity index (χ4v) is 2.92. The van der Waals surface area contributed by atoms with Gasteiger partial charge in [0.25, 0.3) is 11.5 Å². The van der Waals surface area contributed by atoms with E-state index in [1.165, 1.54) is 0 Å². The van der Waals surface area contributed by atoms with Gasteiger partial charge < -0.3 is 18.9 Å². The van der Waals surface area contributed by atoms with Crippen molar-refractivity contribution in [2.75, 3.05) is 6.61 Å². The molecule has 1 aliphatic rings. The molecule has 1 unspecified atom stereocenters. The number of amides is 2. The molecule has 31 heavy (non-hydrogen) atoms. The van der Waals surface area contributed by atoms with E-state index in [2.05, 4.69) is 4.98 Å². The van der Waals surface area contributed by atoms with Crippen LogP contribution < -0.4 is 10.9 Å². The largest absolute Gasteiger partial charge is 0.463 e. The zero-order valence-electron chi connectivity index (χ0n) is 17.1. The first-order valence-corrected chi connectivity index (χ1v) is 9.03. The van der Waals surface area contributed by atoms with Crippen molar-refractivity contribution in [2.24, 2.45) is 0 Å². The van der Waals surface area contributed by atoms with Crippen molar-refractivity contribution in [3.63, 3.8) is 0 Å². The van der Waals surface area contributed by atoms with Crippen LogP contribution >= 0.6 is 0 Å². The highest BCUT2D eigenvalue weighted by atomic mass is 16.7. The molecule has 0 bridgehead atoms. The molecule has 1 aromatic rings. The molecule has 0 radical (unpaired) electrons. The molecule has 0 spiro atoms. The summed E-state index contributed by atoms with van der Waals surface area (Å²) in [5.74, 6) is -3.87. The Morgan fingerprint density at radius 3 is 2.19 bits per heavy atom. The lowest BCUT2D eigenvalue weighted by Gasteiger charge is -2.24. The van der Waals surface area contributed by atoms with Gasteiger partial charge in [-0.05, 0) is 0 Å². The number of nitrogens with one attached hydrogen (secondary N) is 1. The van der Waals surface area contributed by atoms with E-state index < -0.39 is 65.5 Å². The lowest BCUT2D eigenvalue weighted by molar-refractivity contribution is -0.166. The zero-order valence-corrected chi connectivity index (χ0v) is 17.1. The van der Waals surface area contributed by atoms with Gasteiger partial charge in [0, 0.05) is 40.1 Å². The molecule has 2 heterocycles. The molecule has 0 aliphatic carbocycles. The fraction of sp³-hybridized carbons (Fsp3) is 0.500. The van der Waals surface area contributed by atoms with Crippen molar-refractivity contribution in [3.05, 3.63) is 28.4 Å². The topological polar surface area (TPSA) is 169 Å². The lowest BCUT2D eigenvalue weighted by Crippen LogP contribution is -2.43. The second-order valence-corrected chi connectivity index (χ2v) is 6.51. The Balaban J connectivity index is 2.48. The summed E-state index contributed by atoms with van der Waals surface area (Å²) in [6, 6.07) is 0. The van der Waals surface area contributed by atoms with Crippen LogP contribution in [0.15, 0.2) is 17.2 Å². The number of hydrogen-bond acceptors (Lipinski definition) is 11. The third-order valence-corrected chi connectivity index (χ3v) is 3.99. The molecule has 4 atom stereocenters. The van der Waals surface area contributed by atoms with E-state index >= 15 is 0 Å². The summed E-state index contributed by atoms with van der Waals surface area (Å²) in [4.78, 5) is 74.2. The van der Waals surface area contributed by atoms with Crippen LogP contribution in [0.3, 0.4) is 0 Å². The first kappa shape index (κ1) is 23.7. The van der Waals surface area contributed by atoms with Gasteiger partial charge in [-0.15, -0.1) is 0 Å². The average molecular weight is 439 g/mol. The van der Waals surface area contributed by atoms with Crippen LogP contribution in [0.25, 0.3) is 0 Å². The van der Waals surface area contributed by atoms with Gasteiger partial charge in [0.15, 0.2) is 24.1 Å². The summed E-state index contributed by atoms with van der Waals surface area (Å²) in [5, 5.41) is 1.93. The molecule has 1 fully saturated rings. The molecular formula is C18H21N3O10. The molecule has 1 N–H and O–H groups in total. The molecule has 168 valence electrons. The number of esters is 3. The summed E-state index contributed by atoms with van der Waals surface area (Å²) in [6.07, 6.45) is -2.71. The van der Waals surface area contributed by atoms with E-state index in [-0.39, 0.29) is 6.61 Å². The molecule has 0 aromatic carbocycles. The normalized spacial score (nSPS) is 22.3. The third kappa shape index (κ3) is 5.94. The monoisotopic (exact) mass is 439 g/mol. The zero-order chi connectivity index (χ0) is 23.3. The molecule has 0 saturated carbocycles. The van der Waals surface area contributed by atoms with E-state index in [1.54, 1.807) is 0 Å². The van der Waals surface area contributed by atoms with Crippen LogP contribution in [0.1, 0.15) is 44.4 Å². The van der Waals surface area contributed by atoms with Crippen molar-refractivity contribution in [1.29, 1.82) is 0 Å². The Bertz CT molecular complexity index is 956. The Labute approximate surface area is 175 Å². The predicted molar refractivity (Wildman–Crippen MR) is 98.3 cm³/mol. The van der Waals surface area contributed by atoms with Gasteiger partial charge in [0.05, 0.1) is 0 Å². The molecule has 1 aromatic heterocycles. The number of nitrogens with zero attached hydrogens (tertiary/aromatic N) is 2. The molecule has 1 saturated heterocycles. The number of hydrogen-bond donors (Lipinski definition) is 1. The average Bonchev–Trinajstić information content (AvgIpc) is 2.95. The minimum atomic E-state index is -1.35. The molecule has 2 amide bonds. The maximum absolute atomic E-state index is 12.8. The van der Waals surface area contributed by atoms with Gasteiger partial charge in [0.2, 0.25) is 5.91 Å². The first-order chi connectivity index (χ1) is 14.5. The second kappa shape index (κ2) is 9.93. The van der Waals surface area contributed by atoms with Crippen LogP contribution in [0.4, 0.5) is 0 Å². The fourth-order valence-electron chi connectivity index (χ4n) is 2.92. The molecular weight excluding hydrogens is 418 g/mol. The SMILES string of the molecule is CC(=O)NC(=O)c1nccn([C@@H]2O[C@H](COC(C)=O)[C@@H](OC(C)=O)C2OC(C)=O)c1=O. The van der Waals surface area contributed by atoms with Crippen molar-refractivity contribution >= 4 is 29.7 Å². The van der Waals surface area contributed by atoms with Crippen LogP contribution in [-0.2, 0) is 38.1 Å². The second-order valence-electron chi connectivity index (χ2n) is 6.51. The minimum absolute atomic E-state index is 0.362. The van der Waals surface area contributed by atoms with E-state index in [9.17, 15) is 28.8 Å². The summed E-state index contributed by atoms with van der Waals surface area (Å²) >= 11 is 0. The van der Waals surface area contributed by atoms with Crippen LogP contribution in [-0.4, -0.2) is 64.2 Å². The highest BCUT2D eigenvalue weighted by molar-refractivity contribution is 6.02. The van der Waals surface area contributed by atoms with Gasteiger partial charge in [-0.3, -0.25) is 38.7 Å². The third-order valence-electron chi connectivity index (χ3n) is 3.99. The number of imide groups is 1. The van der Waals surface area contributed by atoms with Gasteiger partial charge in [-0.1, -0.05) is 0 Å². The molecule has 1 aliphatic heterocycles. The number of carbonyl (C=O) groups excluding carboxylic acids is 5. The Hall–Kier alpha value is -3.61. The van der Waals surface area contributed by atoms with E-state index in [0.717, 1.165) is 44.7 Å². The number of ether oxygens (including phenoxy) is 4. The Morgan fingerprint density at radius 1 is 1.03 bits per heavy atom. The van der Waals surface area contributed by atoms with E-state index in [0.29, 0.717) is 0 Å². The highest BCUT2D eigenvalue weighted by Crippen LogP contribution is 2.33. The molecule has 2 rings (SSSR count).